The van der Waals surface area contributed by atoms with Gasteiger partial charge in [-0.25, -0.2) is 8.42 Å². The van der Waals surface area contributed by atoms with Crippen LogP contribution in [0.25, 0.3) is 0 Å². The molecule has 1 aromatic rings. The Labute approximate surface area is 94.4 Å². The van der Waals surface area contributed by atoms with Gasteiger partial charge in [-0.2, -0.15) is 0 Å². The molecule has 0 amide bonds. The molecule has 0 saturated heterocycles. The zero-order chi connectivity index (χ0) is 11.5. The molecule has 15 heavy (non-hydrogen) atoms. The van der Waals surface area contributed by atoms with Gasteiger partial charge in [0.1, 0.15) is 5.75 Å². The summed E-state index contributed by atoms with van der Waals surface area (Å²) in [6.45, 7) is 1.95. The maximum absolute atomic E-state index is 11.0. The fraction of sp³-hybridized carbons (Fsp3) is 0.400. The highest BCUT2D eigenvalue weighted by molar-refractivity contribution is 8.13. The van der Waals surface area contributed by atoms with Crippen molar-refractivity contribution in [1.82, 2.24) is 0 Å². The second kappa shape index (κ2) is 4.86. The van der Waals surface area contributed by atoms with E-state index in [1.807, 2.05) is 13.0 Å². The Kier molecular flexibility index (Phi) is 3.99. The molecule has 0 spiro atoms. The molecule has 0 aromatic heterocycles. The van der Waals surface area contributed by atoms with Crippen molar-refractivity contribution in [3.63, 3.8) is 0 Å². The highest BCUT2D eigenvalue weighted by atomic mass is 35.7. The Morgan fingerprint density at radius 2 is 2.07 bits per heavy atom. The topological polar surface area (TPSA) is 43.4 Å². The van der Waals surface area contributed by atoms with Gasteiger partial charge in [0.25, 0.3) is 0 Å². The first-order valence-electron chi connectivity index (χ1n) is 4.55. The van der Waals surface area contributed by atoms with Gasteiger partial charge in [0.2, 0.25) is 9.05 Å². The smallest absolute Gasteiger partial charge is 0.236 e. The summed E-state index contributed by atoms with van der Waals surface area (Å²) in [5, 5.41) is 0. The molecular weight excluding hydrogens is 236 g/mol. The quantitative estimate of drug-likeness (QED) is 0.768. The third kappa shape index (κ3) is 3.39. The Bertz CT molecular complexity index is 440. The van der Waals surface area contributed by atoms with Crippen molar-refractivity contribution in [2.24, 2.45) is 0 Å². The molecule has 0 N–H and O–H groups in total. The molecule has 0 radical (unpaired) electrons. The molecule has 5 heteroatoms. The zero-order valence-electron chi connectivity index (χ0n) is 8.66. The van der Waals surface area contributed by atoms with Crippen LogP contribution in [0.4, 0.5) is 0 Å². The molecule has 1 rings (SSSR count). The van der Waals surface area contributed by atoms with E-state index in [4.69, 9.17) is 15.4 Å². The second-order valence-corrected chi connectivity index (χ2v) is 5.91. The zero-order valence-corrected chi connectivity index (χ0v) is 10.2. The van der Waals surface area contributed by atoms with Gasteiger partial charge < -0.3 is 4.74 Å². The van der Waals surface area contributed by atoms with Crippen LogP contribution in [0.2, 0.25) is 0 Å². The van der Waals surface area contributed by atoms with Crippen LogP contribution in [-0.2, 0) is 21.2 Å². The van der Waals surface area contributed by atoms with Crippen molar-refractivity contribution < 1.29 is 13.2 Å². The molecule has 0 bridgehead atoms. The van der Waals surface area contributed by atoms with Crippen molar-refractivity contribution >= 4 is 19.7 Å². The Balaban J connectivity index is 3.18. The van der Waals surface area contributed by atoms with Gasteiger partial charge >= 0.3 is 0 Å². The lowest BCUT2D eigenvalue weighted by Gasteiger charge is -2.10. The highest BCUT2D eigenvalue weighted by Gasteiger charge is 2.13. The summed E-state index contributed by atoms with van der Waals surface area (Å²) in [6.07, 6.45) is 0.714. The van der Waals surface area contributed by atoms with E-state index in [1.165, 1.54) is 0 Å². The van der Waals surface area contributed by atoms with Crippen LogP contribution in [0.3, 0.4) is 0 Å². The third-order valence-corrected chi connectivity index (χ3v) is 3.11. The van der Waals surface area contributed by atoms with E-state index in [1.54, 1.807) is 19.2 Å². The van der Waals surface area contributed by atoms with Crippen molar-refractivity contribution in [2.75, 3.05) is 7.11 Å². The first-order chi connectivity index (χ1) is 6.98. The van der Waals surface area contributed by atoms with E-state index >= 15 is 0 Å². The number of ether oxygens (including phenoxy) is 1. The fourth-order valence-corrected chi connectivity index (χ4v) is 2.52. The standard InChI is InChI=1S/C10H13ClO3S/c1-3-9-8(7-15(11,12)13)5-4-6-10(9)14-2/h4-6H,3,7H2,1-2H3. The summed E-state index contributed by atoms with van der Waals surface area (Å²) >= 11 is 0. The van der Waals surface area contributed by atoms with Gasteiger partial charge in [-0.1, -0.05) is 19.1 Å². The van der Waals surface area contributed by atoms with Crippen LogP contribution in [0, 0.1) is 0 Å². The first-order valence-corrected chi connectivity index (χ1v) is 7.03. The average Bonchev–Trinajstić information content (AvgIpc) is 2.15. The predicted molar refractivity (Wildman–Crippen MR) is 60.8 cm³/mol. The van der Waals surface area contributed by atoms with E-state index in [0.717, 1.165) is 5.56 Å². The highest BCUT2D eigenvalue weighted by Crippen LogP contribution is 2.25. The summed E-state index contributed by atoms with van der Waals surface area (Å²) in [5.74, 6) is 0.546. The first kappa shape index (κ1) is 12.3. The lowest BCUT2D eigenvalue weighted by atomic mass is 10.1. The number of rotatable bonds is 4. The van der Waals surface area contributed by atoms with Gasteiger partial charge in [-0.15, -0.1) is 0 Å². The molecule has 0 heterocycles. The van der Waals surface area contributed by atoms with Gasteiger partial charge in [-0.3, -0.25) is 0 Å². The fourth-order valence-electron chi connectivity index (χ4n) is 1.52. The summed E-state index contributed by atoms with van der Waals surface area (Å²) in [6, 6.07) is 5.32. The SMILES string of the molecule is CCc1c(CS(=O)(=O)Cl)cccc1OC. The van der Waals surface area contributed by atoms with Crippen molar-refractivity contribution in [3.05, 3.63) is 29.3 Å². The molecule has 0 saturated carbocycles. The second-order valence-electron chi connectivity index (χ2n) is 3.13. The minimum absolute atomic E-state index is 0.158. The number of methoxy groups -OCH3 is 1. The molecule has 0 unspecified atom stereocenters. The summed E-state index contributed by atoms with van der Waals surface area (Å²) in [5.41, 5.74) is 1.59. The van der Waals surface area contributed by atoms with E-state index in [0.29, 0.717) is 17.7 Å². The lowest BCUT2D eigenvalue weighted by Crippen LogP contribution is -2.01. The number of halogens is 1. The summed E-state index contributed by atoms with van der Waals surface area (Å²) in [7, 11) is 3.27. The molecule has 84 valence electrons. The van der Waals surface area contributed by atoms with Gasteiger partial charge in [0.05, 0.1) is 12.9 Å². The number of hydrogen-bond acceptors (Lipinski definition) is 3. The van der Waals surface area contributed by atoms with Crippen LogP contribution < -0.4 is 4.74 Å². The average molecular weight is 249 g/mol. The monoisotopic (exact) mass is 248 g/mol. The normalized spacial score (nSPS) is 11.4. The number of hydrogen-bond donors (Lipinski definition) is 0. The molecular formula is C10H13ClO3S. The van der Waals surface area contributed by atoms with E-state index in [2.05, 4.69) is 0 Å². The summed E-state index contributed by atoms with van der Waals surface area (Å²) < 4.78 is 27.1. The molecule has 0 aliphatic rings. The van der Waals surface area contributed by atoms with Crippen LogP contribution >= 0.6 is 10.7 Å². The third-order valence-electron chi connectivity index (χ3n) is 2.13. The molecule has 0 fully saturated rings. The van der Waals surface area contributed by atoms with E-state index in [9.17, 15) is 8.42 Å². The van der Waals surface area contributed by atoms with Crippen LogP contribution in [0.15, 0.2) is 18.2 Å². The Morgan fingerprint density at radius 3 is 2.53 bits per heavy atom. The maximum atomic E-state index is 11.0. The maximum Gasteiger partial charge on any atom is 0.236 e. The Morgan fingerprint density at radius 1 is 1.40 bits per heavy atom. The molecule has 3 nitrogen and oxygen atoms in total. The Hall–Kier alpha value is -0.740. The van der Waals surface area contributed by atoms with Gasteiger partial charge in [-0.05, 0) is 23.6 Å². The molecule has 0 aliphatic heterocycles. The van der Waals surface area contributed by atoms with Crippen molar-refractivity contribution in [3.8, 4) is 5.75 Å². The van der Waals surface area contributed by atoms with Crippen molar-refractivity contribution in [2.45, 2.75) is 19.1 Å². The van der Waals surface area contributed by atoms with E-state index in [-0.39, 0.29) is 5.75 Å². The minimum Gasteiger partial charge on any atom is -0.496 e. The van der Waals surface area contributed by atoms with Crippen molar-refractivity contribution in [1.29, 1.82) is 0 Å². The minimum atomic E-state index is -3.52. The lowest BCUT2D eigenvalue weighted by molar-refractivity contribution is 0.409. The molecule has 1 aromatic carbocycles. The van der Waals surface area contributed by atoms with E-state index < -0.39 is 9.05 Å². The van der Waals surface area contributed by atoms with Gasteiger partial charge in [0, 0.05) is 10.7 Å². The van der Waals surface area contributed by atoms with Gasteiger partial charge in [0.15, 0.2) is 0 Å². The number of benzene rings is 1. The van der Waals surface area contributed by atoms with Crippen LogP contribution in [-0.4, -0.2) is 15.5 Å². The predicted octanol–water partition coefficient (Wildman–Crippen LogP) is 2.33. The molecule has 0 atom stereocenters. The molecule has 0 aliphatic carbocycles. The van der Waals surface area contributed by atoms with Crippen LogP contribution in [0.1, 0.15) is 18.1 Å². The summed E-state index contributed by atoms with van der Waals surface area (Å²) in [4.78, 5) is 0. The largest absolute Gasteiger partial charge is 0.496 e. The van der Waals surface area contributed by atoms with Crippen LogP contribution in [0.5, 0.6) is 5.75 Å².